The fourth-order valence-electron chi connectivity index (χ4n) is 2.60. The second-order valence-electron chi connectivity index (χ2n) is 6.34. The maximum Gasteiger partial charge on any atom is 0.128 e. The van der Waals surface area contributed by atoms with E-state index < -0.39 is 11.2 Å². The van der Waals surface area contributed by atoms with Crippen molar-refractivity contribution in [2.75, 3.05) is 38.4 Å². The summed E-state index contributed by atoms with van der Waals surface area (Å²) in [6, 6.07) is 0. The van der Waals surface area contributed by atoms with Gasteiger partial charge in [-0.15, -0.1) is 0 Å². The van der Waals surface area contributed by atoms with Crippen molar-refractivity contribution in [3.05, 3.63) is 0 Å². The van der Waals surface area contributed by atoms with E-state index in [1.54, 1.807) is 7.11 Å². The van der Waals surface area contributed by atoms with E-state index in [0.717, 1.165) is 12.2 Å². The lowest BCUT2D eigenvalue weighted by Crippen LogP contribution is -2.17. The van der Waals surface area contributed by atoms with Gasteiger partial charge in [-0.1, -0.05) is 82.3 Å². The van der Waals surface area contributed by atoms with Crippen LogP contribution in [0.15, 0.2) is 0 Å². The van der Waals surface area contributed by atoms with E-state index >= 15 is 0 Å². The van der Waals surface area contributed by atoms with E-state index in [4.69, 9.17) is 9.47 Å². The molecule has 0 aromatic heterocycles. The van der Waals surface area contributed by atoms with Crippen LogP contribution in [0.3, 0.4) is 0 Å². The zero-order valence-electron chi connectivity index (χ0n) is 15.7. The van der Waals surface area contributed by atoms with Crippen molar-refractivity contribution < 1.29 is 14.0 Å². The summed E-state index contributed by atoms with van der Waals surface area (Å²) in [7, 11) is 1.66. The Hall–Kier alpha value is 0.230. The average molecular weight is 349 g/mol. The first kappa shape index (κ1) is 23.2. The van der Waals surface area contributed by atoms with Crippen LogP contribution < -0.4 is 0 Å². The first-order chi connectivity index (χ1) is 11.3. The Morgan fingerprint density at radius 1 is 0.652 bits per heavy atom. The molecule has 0 radical (unpaired) electrons. The molecule has 1 unspecified atom stereocenters. The van der Waals surface area contributed by atoms with Gasteiger partial charge in [0.25, 0.3) is 0 Å². The Kier molecular flexibility index (Phi) is 20.5. The van der Waals surface area contributed by atoms with Crippen molar-refractivity contribution in [3.63, 3.8) is 0 Å². The highest BCUT2D eigenvalue weighted by atomic mass is 32.2. The Balaban J connectivity index is 3.08. The van der Waals surface area contributed by atoms with E-state index in [0.29, 0.717) is 25.6 Å². The maximum absolute atomic E-state index is 11.8. The van der Waals surface area contributed by atoms with Crippen molar-refractivity contribution in [2.45, 2.75) is 84.0 Å². The standard InChI is InChI=1S/C19H40O3S/c1-3-4-5-6-7-8-9-10-11-12-13-14-18-23(20)19-17-22-16-15-21-2/h3-19H2,1-2H3. The lowest BCUT2D eigenvalue weighted by molar-refractivity contribution is 0.0785. The van der Waals surface area contributed by atoms with Gasteiger partial charge >= 0.3 is 0 Å². The van der Waals surface area contributed by atoms with Crippen LogP contribution in [0.5, 0.6) is 0 Å². The maximum atomic E-state index is 11.8. The highest BCUT2D eigenvalue weighted by Crippen LogP contribution is 2.12. The van der Waals surface area contributed by atoms with Gasteiger partial charge in [0.05, 0.1) is 19.8 Å². The third-order valence-electron chi connectivity index (χ3n) is 4.11. The third-order valence-corrected chi connectivity index (χ3v) is 5.48. The van der Waals surface area contributed by atoms with Crippen LogP contribution in [0, 0.1) is 0 Å². The average Bonchev–Trinajstić information content (AvgIpc) is 2.55. The molecule has 0 aromatic rings. The van der Waals surface area contributed by atoms with Crippen LogP contribution in [0.4, 0.5) is 0 Å². The minimum Gasteiger partial charge on any atom is -0.616 e. The molecule has 0 fully saturated rings. The monoisotopic (exact) mass is 348 g/mol. The molecule has 0 bridgehead atoms. The van der Waals surface area contributed by atoms with Gasteiger partial charge < -0.3 is 14.0 Å². The van der Waals surface area contributed by atoms with Crippen LogP contribution in [-0.2, 0) is 20.6 Å². The van der Waals surface area contributed by atoms with Gasteiger partial charge in [0.2, 0.25) is 0 Å². The van der Waals surface area contributed by atoms with Crippen molar-refractivity contribution >= 4 is 11.2 Å². The molecule has 0 heterocycles. The van der Waals surface area contributed by atoms with E-state index in [1.807, 2.05) is 0 Å². The smallest absolute Gasteiger partial charge is 0.128 e. The summed E-state index contributed by atoms with van der Waals surface area (Å²) in [6.45, 7) is 4.08. The molecular formula is C19H40O3S. The van der Waals surface area contributed by atoms with Crippen molar-refractivity contribution in [1.29, 1.82) is 0 Å². The van der Waals surface area contributed by atoms with Gasteiger partial charge in [-0.2, -0.15) is 0 Å². The topological polar surface area (TPSA) is 41.5 Å². The molecular weight excluding hydrogens is 308 g/mol. The molecule has 1 atom stereocenters. The number of unbranched alkanes of at least 4 members (excludes halogenated alkanes) is 11. The minimum absolute atomic E-state index is 0.591. The van der Waals surface area contributed by atoms with E-state index in [9.17, 15) is 4.55 Å². The van der Waals surface area contributed by atoms with E-state index in [1.165, 1.54) is 70.6 Å². The number of hydrogen-bond donors (Lipinski definition) is 0. The molecule has 0 amide bonds. The molecule has 0 aliphatic carbocycles. The molecule has 0 saturated carbocycles. The summed E-state index contributed by atoms with van der Waals surface area (Å²) < 4.78 is 22.0. The first-order valence-corrected chi connectivity index (χ1v) is 11.2. The summed E-state index contributed by atoms with van der Waals surface area (Å²) in [5, 5.41) is 0. The summed E-state index contributed by atoms with van der Waals surface area (Å²) in [4.78, 5) is 0. The van der Waals surface area contributed by atoms with Crippen LogP contribution in [0.2, 0.25) is 0 Å². The van der Waals surface area contributed by atoms with Gasteiger partial charge in [-0.3, -0.25) is 0 Å². The molecule has 3 nitrogen and oxygen atoms in total. The molecule has 0 aliphatic rings. The molecule has 140 valence electrons. The Labute approximate surface area is 148 Å². The quantitative estimate of drug-likeness (QED) is 0.241. The minimum atomic E-state index is -0.706. The molecule has 0 aliphatic heterocycles. The molecule has 0 saturated heterocycles. The largest absolute Gasteiger partial charge is 0.616 e. The highest BCUT2D eigenvalue weighted by Gasteiger charge is 2.05. The Morgan fingerprint density at radius 2 is 1.17 bits per heavy atom. The molecule has 23 heavy (non-hydrogen) atoms. The van der Waals surface area contributed by atoms with E-state index in [2.05, 4.69) is 6.92 Å². The summed E-state index contributed by atoms with van der Waals surface area (Å²) in [5.41, 5.74) is 0. The zero-order chi connectivity index (χ0) is 17.0. The van der Waals surface area contributed by atoms with Gasteiger partial charge in [0, 0.05) is 7.11 Å². The van der Waals surface area contributed by atoms with Gasteiger partial charge in [0.15, 0.2) is 0 Å². The number of methoxy groups -OCH3 is 1. The number of ether oxygens (including phenoxy) is 2. The van der Waals surface area contributed by atoms with Crippen LogP contribution in [0.25, 0.3) is 0 Å². The highest BCUT2D eigenvalue weighted by molar-refractivity contribution is 7.91. The SMILES string of the molecule is CCCCCCCCCCCCCC[S+]([O-])CCOCCOC. The predicted octanol–water partition coefficient (Wildman–Crippen LogP) is 5.10. The lowest BCUT2D eigenvalue weighted by atomic mass is 10.1. The Bertz CT molecular complexity index is 215. The summed E-state index contributed by atoms with van der Waals surface area (Å²) in [5.74, 6) is 1.51. The lowest BCUT2D eigenvalue weighted by Gasteiger charge is -2.11. The summed E-state index contributed by atoms with van der Waals surface area (Å²) in [6.07, 6.45) is 16.2. The molecule has 4 heteroatoms. The fraction of sp³-hybridized carbons (Fsp3) is 1.00. The molecule has 0 aromatic carbocycles. The molecule has 0 rings (SSSR count). The van der Waals surface area contributed by atoms with Gasteiger partial charge in [0.1, 0.15) is 11.5 Å². The predicted molar refractivity (Wildman–Crippen MR) is 102 cm³/mol. The second kappa shape index (κ2) is 20.3. The van der Waals surface area contributed by atoms with Crippen molar-refractivity contribution in [3.8, 4) is 0 Å². The molecule has 0 spiro atoms. The van der Waals surface area contributed by atoms with Gasteiger partial charge in [-0.25, -0.2) is 0 Å². The van der Waals surface area contributed by atoms with Crippen molar-refractivity contribution in [1.82, 2.24) is 0 Å². The van der Waals surface area contributed by atoms with Crippen LogP contribution in [-0.4, -0.2) is 43.0 Å². The number of hydrogen-bond acceptors (Lipinski definition) is 3. The van der Waals surface area contributed by atoms with Crippen LogP contribution in [0.1, 0.15) is 84.0 Å². The normalized spacial score (nSPS) is 12.7. The fourth-order valence-corrected chi connectivity index (χ4v) is 3.64. The van der Waals surface area contributed by atoms with E-state index in [-0.39, 0.29) is 0 Å². The molecule has 0 N–H and O–H groups in total. The Morgan fingerprint density at radius 3 is 1.70 bits per heavy atom. The van der Waals surface area contributed by atoms with Crippen molar-refractivity contribution in [2.24, 2.45) is 0 Å². The number of rotatable bonds is 19. The first-order valence-electron chi connectivity index (χ1n) is 9.73. The van der Waals surface area contributed by atoms with Crippen LogP contribution >= 0.6 is 0 Å². The summed E-state index contributed by atoms with van der Waals surface area (Å²) >= 11 is -0.706. The van der Waals surface area contributed by atoms with Gasteiger partial charge in [-0.05, 0) is 12.8 Å². The zero-order valence-corrected chi connectivity index (χ0v) is 16.5. The second-order valence-corrected chi connectivity index (χ2v) is 8.04. The third kappa shape index (κ3) is 20.2.